The lowest BCUT2D eigenvalue weighted by Gasteiger charge is -2.66. The molecule has 3 aromatic heterocycles. The summed E-state index contributed by atoms with van der Waals surface area (Å²) >= 11 is 0. The Balaban J connectivity index is 1.41. The zero-order valence-corrected chi connectivity index (χ0v) is 25.9. The minimum Gasteiger partial charge on any atom is -0.443 e. The fourth-order valence-electron chi connectivity index (χ4n) is 6.18. The maximum atomic E-state index is 15.9. The number of amides is 2. The number of hydrogen-bond acceptors (Lipinski definition) is 6. The minimum atomic E-state index is -4.54. The van der Waals surface area contributed by atoms with Gasteiger partial charge in [0.2, 0.25) is 0 Å². The molecule has 0 aliphatic heterocycles. The average molecular weight is 627 g/mol. The predicted octanol–water partition coefficient (Wildman–Crippen LogP) is 7.17. The van der Waals surface area contributed by atoms with E-state index in [1.165, 1.54) is 29.6 Å². The van der Waals surface area contributed by atoms with Crippen molar-refractivity contribution in [3.05, 3.63) is 65.6 Å². The first kappa shape index (κ1) is 30.7. The molecule has 0 N–H and O–H groups in total. The van der Waals surface area contributed by atoms with Crippen LogP contribution in [0.3, 0.4) is 0 Å². The van der Waals surface area contributed by atoms with Gasteiger partial charge in [-0.25, -0.2) is 19.2 Å². The molecule has 3 aliphatic carbocycles. The summed E-state index contributed by atoms with van der Waals surface area (Å²) < 4.78 is 62.5. The molecular weight excluding hydrogens is 592 g/mol. The lowest BCUT2D eigenvalue weighted by Crippen LogP contribution is -2.69. The zero-order valence-electron chi connectivity index (χ0n) is 25.9. The number of alkyl halides is 3. The highest BCUT2D eigenvalue weighted by molar-refractivity contribution is 6.00. The topological polar surface area (TPSA) is 92.9 Å². The van der Waals surface area contributed by atoms with E-state index >= 15 is 4.39 Å². The van der Waals surface area contributed by atoms with Crippen LogP contribution < -0.4 is 4.90 Å². The highest BCUT2D eigenvalue weighted by Crippen LogP contribution is 2.61. The number of imidazole rings is 1. The molecule has 2 amide bonds. The number of anilines is 1. The average Bonchev–Trinajstić information content (AvgIpc) is 3.34. The molecule has 0 spiro atoms. The summed E-state index contributed by atoms with van der Waals surface area (Å²) in [6.07, 6.45) is 0.842. The van der Waals surface area contributed by atoms with Crippen LogP contribution in [0.15, 0.2) is 43.0 Å². The van der Waals surface area contributed by atoms with E-state index in [-0.39, 0.29) is 29.1 Å². The second-order valence-corrected chi connectivity index (χ2v) is 14.0. The van der Waals surface area contributed by atoms with Gasteiger partial charge in [-0.3, -0.25) is 19.1 Å². The maximum Gasteiger partial charge on any atom is 0.417 e. The summed E-state index contributed by atoms with van der Waals surface area (Å²) in [7, 11) is 0. The van der Waals surface area contributed by atoms with E-state index in [0.717, 1.165) is 37.6 Å². The largest absolute Gasteiger partial charge is 0.443 e. The number of fused-ring (bicyclic) bond motifs is 3. The van der Waals surface area contributed by atoms with Crippen LogP contribution in [0.2, 0.25) is 0 Å². The summed E-state index contributed by atoms with van der Waals surface area (Å²) in [5.41, 5.74) is -1.85. The van der Waals surface area contributed by atoms with Crippen LogP contribution in [-0.2, 0) is 17.5 Å². The third-order valence-electron chi connectivity index (χ3n) is 8.40. The number of ether oxygens (including phenoxy) is 1. The molecule has 238 valence electrons. The van der Waals surface area contributed by atoms with Gasteiger partial charge in [0.15, 0.2) is 5.82 Å². The van der Waals surface area contributed by atoms with Crippen molar-refractivity contribution in [3.8, 4) is 0 Å². The van der Waals surface area contributed by atoms with Gasteiger partial charge in [-0.2, -0.15) is 13.2 Å². The number of halogens is 4. The number of carbonyl (C=O) groups excluding carboxylic acids is 2. The van der Waals surface area contributed by atoms with Crippen molar-refractivity contribution in [1.82, 2.24) is 24.3 Å². The molecule has 3 heterocycles. The van der Waals surface area contributed by atoms with Crippen LogP contribution in [0, 0.1) is 11.7 Å². The third kappa shape index (κ3) is 5.46. The van der Waals surface area contributed by atoms with Gasteiger partial charge >= 0.3 is 12.3 Å². The normalized spacial score (nSPS) is 19.6. The van der Waals surface area contributed by atoms with Gasteiger partial charge in [0.25, 0.3) is 5.91 Å². The molecule has 7 rings (SSSR count). The lowest BCUT2D eigenvalue weighted by molar-refractivity contribution is -0.138. The van der Waals surface area contributed by atoms with Crippen LogP contribution in [-0.4, -0.2) is 52.9 Å². The summed E-state index contributed by atoms with van der Waals surface area (Å²) in [6, 6.07) is 4.74. The Kier molecular flexibility index (Phi) is 6.90. The van der Waals surface area contributed by atoms with E-state index in [1.54, 1.807) is 30.1 Å². The van der Waals surface area contributed by atoms with E-state index in [4.69, 9.17) is 4.74 Å². The van der Waals surface area contributed by atoms with Gasteiger partial charge in [0.1, 0.15) is 16.9 Å². The van der Waals surface area contributed by atoms with Crippen LogP contribution in [0.5, 0.6) is 0 Å². The molecule has 9 nitrogen and oxygen atoms in total. The monoisotopic (exact) mass is 626 g/mol. The Morgan fingerprint density at radius 3 is 2.24 bits per heavy atom. The highest BCUT2D eigenvalue weighted by atomic mass is 19.4. The fourth-order valence-corrected chi connectivity index (χ4v) is 6.18. The van der Waals surface area contributed by atoms with Crippen molar-refractivity contribution in [2.75, 3.05) is 4.90 Å². The number of carbonyl (C=O) groups is 2. The number of aromatic nitrogens is 4. The minimum absolute atomic E-state index is 0.0602. The molecule has 3 aliphatic rings. The van der Waals surface area contributed by atoms with Gasteiger partial charge in [0.05, 0.1) is 46.9 Å². The van der Waals surface area contributed by atoms with E-state index in [0.29, 0.717) is 17.0 Å². The molecule has 3 fully saturated rings. The first-order chi connectivity index (χ1) is 20.9. The number of rotatable bonds is 5. The SMILES string of the molecule is CC(C)(C)OC(=O)N(c1nc2cc(F)c(C(=O)N(Cc3ccc(C(F)(F)F)cn3)C34CC(C3)C4)cc2n2cncc12)C(C)(C)C. The van der Waals surface area contributed by atoms with E-state index < -0.39 is 46.2 Å². The summed E-state index contributed by atoms with van der Waals surface area (Å²) in [5.74, 6) is -0.714. The van der Waals surface area contributed by atoms with E-state index in [2.05, 4.69) is 15.0 Å². The molecule has 2 bridgehead atoms. The molecule has 0 atom stereocenters. The van der Waals surface area contributed by atoms with Crippen LogP contribution >= 0.6 is 0 Å². The van der Waals surface area contributed by atoms with Crippen molar-refractivity contribution >= 4 is 34.4 Å². The third-order valence-corrected chi connectivity index (χ3v) is 8.40. The standard InChI is InChI=1S/C32H34F4N6O3/c1-29(2,3)42(28(44)45-30(4,5)6)26-25-15-37-17-40(25)24-9-21(22(33)10-23(24)39-26)27(43)41(31-11-18(12-31)13-31)16-20-8-7-19(14-38-20)32(34,35)36/h7-10,14-15,17-18H,11-13,16H2,1-6H3. The van der Waals surface area contributed by atoms with Crippen LogP contribution in [0.1, 0.15) is 82.4 Å². The van der Waals surface area contributed by atoms with E-state index in [1.807, 2.05) is 20.8 Å². The van der Waals surface area contributed by atoms with E-state index in [9.17, 15) is 22.8 Å². The van der Waals surface area contributed by atoms with Gasteiger partial charge in [-0.15, -0.1) is 0 Å². The molecule has 1 aromatic carbocycles. The lowest BCUT2D eigenvalue weighted by atomic mass is 9.49. The first-order valence-electron chi connectivity index (χ1n) is 14.7. The van der Waals surface area contributed by atoms with Crippen molar-refractivity contribution in [2.45, 2.75) is 90.2 Å². The first-order valence-corrected chi connectivity index (χ1v) is 14.7. The van der Waals surface area contributed by atoms with Crippen LogP contribution in [0.4, 0.5) is 28.2 Å². The molecular formula is C32H34F4N6O3. The zero-order chi connectivity index (χ0) is 32.7. The summed E-state index contributed by atoms with van der Waals surface area (Å²) in [5, 5.41) is 0. The van der Waals surface area contributed by atoms with Crippen molar-refractivity contribution < 1.29 is 31.9 Å². The molecule has 0 radical (unpaired) electrons. The van der Waals surface area contributed by atoms with Crippen LogP contribution in [0.25, 0.3) is 16.6 Å². The Bertz CT molecular complexity index is 1800. The fraction of sp³-hybridized carbons (Fsp3) is 0.469. The van der Waals surface area contributed by atoms with Gasteiger partial charge in [-0.1, -0.05) is 0 Å². The number of pyridine rings is 1. The molecule has 45 heavy (non-hydrogen) atoms. The second kappa shape index (κ2) is 10.1. The predicted molar refractivity (Wildman–Crippen MR) is 158 cm³/mol. The smallest absolute Gasteiger partial charge is 0.417 e. The number of benzene rings is 1. The molecule has 0 unspecified atom stereocenters. The van der Waals surface area contributed by atoms with Gasteiger partial charge in [-0.05, 0) is 84.9 Å². The van der Waals surface area contributed by atoms with Crippen molar-refractivity contribution in [3.63, 3.8) is 0 Å². The Labute approximate surface area is 257 Å². The van der Waals surface area contributed by atoms with Gasteiger partial charge in [0, 0.05) is 23.3 Å². The molecule has 3 saturated carbocycles. The van der Waals surface area contributed by atoms with Crippen molar-refractivity contribution in [2.24, 2.45) is 5.92 Å². The Morgan fingerprint density at radius 2 is 1.71 bits per heavy atom. The number of hydrogen-bond donors (Lipinski definition) is 0. The molecule has 13 heteroatoms. The number of nitrogens with zero attached hydrogens (tertiary/aromatic N) is 6. The van der Waals surface area contributed by atoms with Gasteiger partial charge < -0.3 is 9.64 Å². The summed E-state index contributed by atoms with van der Waals surface area (Å²) in [6.45, 7) is 10.7. The Hall–Kier alpha value is -4.29. The summed E-state index contributed by atoms with van der Waals surface area (Å²) in [4.78, 5) is 43.3. The highest BCUT2D eigenvalue weighted by Gasteiger charge is 2.61. The quantitative estimate of drug-likeness (QED) is 0.218. The second-order valence-electron chi connectivity index (χ2n) is 14.0. The van der Waals surface area contributed by atoms with Crippen molar-refractivity contribution in [1.29, 1.82) is 0 Å². The molecule has 0 saturated heterocycles. The Morgan fingerprint density at radius 1 is 1.02 bits per heavy atom. The molecule has 4 aromatic rings. The maximum absolute atomic E-state index is 15.9.